The summed E-state index contributed by atoms with van der Waals surface area (Å²) in [5.41, 5.74) is -0.866. The van der Waals surface area contributed by atoms with E-state index in [9.17, 15) is 9.90 Å². The number of likely N-dealkylation sites (tertiary alicyclic amines) is 1. The highest BCUT2D eigenvalue weighted by molar-refractivity contribution is 5.84. The normalized spacial score (nSPS) is 31.7. The van der Waals surface area contributed by atoms with Gasteiger partial charge in [-0.05, 0) is 25.3 Å². The predicted octanol–water partition coefficient (Wildman–Crippen LogP) is 0.605. The van der Waals surface area contributed by atoms with Crippen molar-refractivity contribution in [1.82, 2.24) is 10.2 Å². The molecule has 1 atom stereocenters. The molecule has 0 saturated carbocycles. The Morgan fingerprint density at radius 1 is 1.47 bits per heavy atom. The Hall–Kier alpha value is -0.610. The van der Waals surface area contributed by atoms with Gasteiger partial charge in [-0.2, -0.15) is 0 Å². The minimum absolute atomic E-state index is 0.232. The van der Waals surface area contributed by atoms with Gasteiger partial charge in [0.15, 0.2) is 0 Å². The first-order valence-corrected chi connectivity index (χ1v) is 6.66. The van der Waals surface area contributed by atoms with E-state index >= 15 is 0 Å². The van der Waals surface area contributed by atoms with Gasteiger partial charge < -0.3 is 15.3 Å². The smallest absolute Gasteiger partial charge is 0.230 e. The summed E-state index contributed by atoms with van der Waals surface area (Å²) >= 11 is 0. The van der Waals surface area contributed by atoms with Gasteiger partial charge in [0, 0.05) is 6.54 Å². The lowest BCUT2D eigenvalue weighted by Crippen LogP contribution is -2.66. The summed E-state index contributed by atoms with van der Waals surface area (Å²) in [5.74, 6) is 0.580. The summed E-state index contributed by atoms with van der Waals surface area (Å²) in [6.07, 6.45) is 1.65. The van der Waals surface area contributed by atoms with Crippen LogP contribution in [0.3, 0.4) is 0 Å². The lowest BCUT2D eigenvalue weighted by Gasteiger charge is -2.49. The molecule has 4 heteroatoms. The van der Waals surface area contributed by atoms with Gasteiger partial charge >= 0.3 is 0 Å². The van der Waals surface area contributed by atoms with E-state index in [4.69, 9.17) is 0 Å². The van der Waals surface area contributed by atoms with Crippen LogP contribution in [0.15, 0.2) is 0 Å². The molecule has 2 aliphatic rings. The molecule has 0 bridgehead atoms. The van der Waals surface area contributed by atoms with Crippen LogP contribution in [0.1, 0.15) is 33.6 Å². The second-order valence-electron chi connectivity index (χ2n) is 5.98. The van der Waals surface area contributed by atoms with Gasteiger partial charge in [0.05, 0.1) is 24.1 Å². The SMILES string of the molecule is CCC1(O)CN(C(=O)C2(C(C)C)CCNC2)C1. The molecule has 98 valence electrons. The largest absolute Gasteiger partial charge is 0.386 e. The summed E-state index contributed by atoms with van der Waals surface area (Å²) in [6, 6.07) is 0. The molecule has 4 nitrogen and oxygen atoms in total. The van der Waals surface area contributed by atoms with Crippen LogP contribution in [-0.4, -0.2) is 47.7 Å². The molecule has 0 spiro atoms. The fourth-order valence-electron chi connectivity index (χ4n) is 2.98. The molecular formula is C13H24N2O2. The standard InChI is InChI=1S/C13H24N2O2/c1-4-12(17)8-15(9-12)11(16)13(10(2)3)5-6-14-7-13/h10,14,17H,4-9H2,1-3H3. The van der Waals surface area contributed by atoms with Crippen LogP contribution >= 0.6 is 0 Å². The Morgan fingerprint density at radius 3 is 2.53 bits per heavy atom. The number of amides is 1. The molecule has 0 aromatic heterocycles. The molecule has 0 aromatic carbocycles. The lowest BCUT2D eigenvalue weighted by atomic mass is 9.73. The van der Waals surface area contributed by atoms with Gasteiger partial charge in [-0.3, -0.25) is 4.79 Å². The summed E-state index contributed by atoms with van der Waals surface area (Å²) in [4.78, 5) is 14.4. The lowest BCUT2D eigenvalue weighted by molar-refractivity contribution is -0.167. The minimum atomic E-state index is -0.625. The molecule has 2 saturated heterocycles. The molecule has 1 unspecified atom stereocenters. The Labute approximate surface area is 103 Å². The number of hydrogen-bond acceptors (Lipinski definition) is 3. The third-order valence-electron chi connectivity index (χ3n) is 4.64. The van der Waals surface area contributed by atoms with Gasteiger partial charge in [-0.25, -0.2) is 0 Å². The molecule has 2 rings (SSSR count). The number of carbonyl (C=O) groups excluding carboxylic acids is 1. The van der Waals surface area contributed by atoms with Crippen molar-refractivity contribution in [2.24, 2.45) is 11.3 Å². The fraction of sp³-hybridized carbons (Fsp3) is 0.923. The number of nitrogens with zero attached hydrogens (tertiary/aromatic N) is 1. The van der Waals surface area contributed by atoms with E-state index in [1.54, 1.807) is 0 Å². The van der Waals surface area contributed by atoms with Gasteiger partial charge in [0.25, 0.3) is 0 Å². The van der Waals surface area contributed by atoms with Crippen molar-refractivity contribution in [2.45, 2.75) is 39.2 Å². The number of β-amino-alcohol motifs (C(OH)–C–C–N with tert-alkyl or cyclic N) is 1. The van der Waals surface area contributed by atoms with Crippen LogP contribution in [0.25, 0.3) is 0 Å². The van der Waals surface area contributed by atoms with Crippen LogP contribution in [0, 0.1) is 11.3 Å². The molecule has 0 radical (unpaired) electrons. The molecule has 17 heavy (non-hydrogen) atoms. The van der Waals surface area contributed by atoms with Crippen molar-refractivity contribution in [3.05, 3.63) is 0 Å². The van der Waals surface area contributed by atoms with Crippen molar-refractivity contribution < 1.29 is 9.90 Å². The Morgan fingerprint density at radius 2 is 2.12 bits per heavy atom. The molecule has 1 amide bonds. The average Bonchev–Trinajstić information content (AvgIpc) is 2.74. The van der Waals surface area contributed by atoms with Crippen LogP contribution < -0.4 is 5.32 Å². The molecular weight excluding hydrogens is 216 g/mol. The van der Waals surface area contributed by atoms with E-state index < -0.39 is 5.60 Å². The number of hydrogen-bond donors (Lipinski definition) is 2. The molecule has 2 heterocycles. The zero-order valence-corrected chi connectivity index (χ0v) is 11.1. The second-order valence-corrected chi connectivity index (χ2v) is 5.98. The zero-order valence-electron chi connectivity index (χ0n) is 11.1. The molecule has 0 aromatic rings. The summed E-state index contributed by atoms with van der Waals surface area (Å²) < 4.78 is 0. The van der Waals surface area contributed by atoms with Gasteiger partial charge in [-0.1, -0.05) is 20.8 Å². The van der Waals surface area contributed by atoms with E-state index in [2.05, 4.69) is 19.2 Å². The predicted molar refractivity (Wildman–Crippen MR) is 66.6 cm³/mol. The van der Waals surface area contributed by atoms with E-state index in [0.29, 0.717) is 19.0 Å². The summed E-state index contributed by atoms with van der Waals surface area (Å²) in [5, 5.41) is 13.3. The molecule has 2 fully saturated rings. The van der Waals surface area contributed by atoms with Gasteiger partial charge in [0.2, 0.25) is 5.91 Å². The van der Waals surface area contributed by atoms with Gasteiger partial charge in [0.1, 0.15) is 0 Å². The molecule has 2 aliphatic heterocycles. The van der Waals surface area contributed by atoms with Crippen molar-refractivity contribution in [3.63, 3.8) is 0 Å². The highest BCUT2D eigenvalue weighted by atomic mass is 16.3. The zero-order chi connectivity index (χ0) is 12.7. The summed E-state index contributed by atoms with van der Waals surface area (Å²) in [7, 11) is 0. The Balaban J connectivity index is 2.05. The third kappa shape index (κ3) is 1.97. The van der Waals surface area contributed by atoms with Crippen LogP contribution in [0.2, 0.25) is 0 Å². The van der Waals surface area contributed by atoms with Crippen LogP contribution in [-0.2, 0) is 4.79 Å². The maximum Gasteiger partial charge on any atom is 0.230 e. The Kier molecular flexibility index (Phi) is 3.21. The second kappa shape index (κ2) is 4.25. The average molecular weight is 240 g/mol. The summed E-state index contributed by atoms with van der Waals surface area (Å²) in [6.45, 7) is 8.94. The van der Waals surface area contributed by atoms with E-state index in [1.807, 2.05) is 11.8 Å². The van der Waals surface area contributed by atoms with Crippen molar-refractivity contribution in [2.75, 3.05) is 26.2 Å². The minimum Gasteiger partial charge on any atom is -0.386 e. The maximum atomic E-state index is 12.6. The van der Waals surface area contributed by atoms with Crippen molar-refractivity contribution >= 4 is 5.91 Å². The van der Waals surface area contributed by atoms with Gasteiger partial charge in [-0.15, -0.1) is 0 Å². The first-order chi connectivity index (χ1) is 7.93. The first-order valence-electron chi connectivity index (χ1n) is 6.66. The topological polar surface area (TPSA) is 52.6 Å². The third-order valence-corrected chi connectivity index (χ3v) is 4.64. The number of carbonyl (C=O) groups is 1. The number of rotatable bonds is 3. The van der Waals surface area contributed by atoms with Crippen molar-refractivity contribution in [3.8, 4) is 0 Å². The highest BCUT2D eigenvalue weighted by Crippen LogP contribution is 2.39. The Bertz CT molecular complexity index is 303. The van der Waals surface area contributed by atoms with E-state index in [0.717, 1.165) is 25.9 Å². The monoisotopic (exact) mass is 240 g/mol. The van der Waals surface area contributed by atoms with Crippen LogP contribution in [0.4, 0.5) is 0 Å². The van der Waals surface area contributed by atoms with E-state index in [-0.39, 0.29) is 11.3 Å². The molecule has 2 N–H and O–H groups in total. The van der Waals surface area contributed by atoms with Crippen molar-refractivity contribution in [1.29, 1.82) is 0 Å². The first kappa shape index (κ1) is 12.8. The molecule has 0 aliphatic carbocycles. The number of aliphatic hydroxyl groups is 1. The van der Waals surface area contributed by atoms with E-state index in [1.165, 1.54) is 0 Å². The highest BCUT2D eigenvalue weighted by Gasteiger charge is 2.51. The fourth-order valence-corrected chi connectivity index (χ4v) is 2.98. The number of nitrogens with one attached hydrogen (secondary N) is 1. The quantitative estimate of drug-likeness (QED) is 0.760. The van der Waals surface area contributed by atoms with Crippen LogP contribution in [0.5, 0.6) is 0 Å². The maximum absolute atomic E-state index is 12.6.